The first-order valence-electron chi connectivity index (χ1n) is 8.92. The van der Waals surface area contributed by atoms with Gasteiger partial charge in [-0.3, -0.25) is 19.5 Å². The van der Waals surface area contributed by atoms with Crippen molar-refractivity contribution in [3.63, 3.8) is 0 Å². The molecule has 1 N–H and O–H groups in total. The summed E-state index contributed by atoms with van der Waals surface area (Å²) in [4.78, 5) is 31.7. The molecule has 0 radical (unpaired) electrons. The number of carbonyl (C=O) groups excluding carboxylic acids is 2. The van der Waals surface area contributed by atoms with Crippen molar-refractivity contribution in [2.75, 3.05) is 5.32 Å². The maximum atomic E-state index is 13.6. The van der Waals surface area contributed by atoms with Crippen molar-refractivity contribution in [2.45, 2.75) is 6.54 Å². The van der Waals surface area contributed by atoms with E-state index in [0.717, 1.165) is 4.90 Å². The molecule has 30 heavy (non-hydrogen) atoms. The SMILES string of the molecule is O=C1C(Nc2cccc(F)c2)=C(c2ccc(Cl)cc2Cl)C(=O)N1Cc1ccccn1. The number of anilines is 1. The van der Waals surface area contributed by atoms with Crippen LogP contribution in [0.15, 0.2) is 72.6 Å². The standard InChI is InChI=1S/C22H14Cl2FN3O2/c23-13-7-8-17(18(24)10-13)19-20(27-15-6-3-4-14(25)11-15)22(30)28(21(19)29)12-16-5-1-2-9-26-16/h1-11,27H,12H2. The molecule has 8 heteroatoms. The number of benzene rings is 2. The molecule has 0 bridgehead atoms. The lowest BCUT2D eigenvalue weighted by molar-refractivity contribution is -0.137. The van der Waals surface area contributed by atoms with Gasteiger partial charge in [0.05, 0.1) is 22.8 Å². The first kappa shape index (κ1) is 20.1. The molecule has 2 aromatic carbocycles. The van der Waals surface area contributed by atoms with Gasteiger partial charge in [0.1, 0.15) is 11.5 Å². The molecule has 0 saturated carbocycles. The number of amides is 2. The van der Waals surface area contributed by atoms with E-state index in [1.807, 2.05) is 0 Å². The van der Waals surface area contributed by atoms with Gasteiger partial charge in [0, 0.05) is 22.5 Å². The number of hydrogen-bond acceptors (Lipinski definition) is 4. The second-order valence-electron chi connectivity index (χ2n) is 6.53. The largest absolute Gasteiger partial charge is 0.350 e. The van der Waals surface area contributed by atoms with Gasteiger partial charge in [0.15, 0.2) is 0 Å². The highest BCUT2D eigenvalue weighted by atomic mass is 35.5. The molecule has 0 saturated heterocycles. The number of rotatable bonds is 5. The van der Waals surface area contributed by atoms with Crippen LogP contribution >= 0.6 is 23.2 Å². The number of halogens is 3. The average Bonchev–Trinajstić information content (AvgIpc) is 2.93. The molecule has 0 atom stereocenters. The van der Waals surface area contributed by atoms with E-state index < -0.39 is 17.6 Å². The summed E-state index contributed by atoms with van der Waals surface area (Å²) in [6.07, 6.45) is 1.58. The molecule has 5 nitrogen and oxygen atoms in total. The van der Waals surface area contributed by atoms with E-state index in [1.54, 1.807) is 42.6 Å². The van der Waals surface area contributed by atoms with Gasteiger partial charge < -0.3 is 5.32 Å². The van der Waals surface area contributed by atoms with Crippen molar-refractivity contribution in [2.24, 2.45) is 0 Å². The highest BCUT2D eigenvalue weighted by Gasteiger charge is 2.40. The Kier molecular flexibility index (Phi) is 5.53. The van der Waals surface area contributed by atoms with Gasteiger partial charge in [-0.05, 0) is 42.5 Å². The van der Waals surface area contributed by atoms with Crippen LogP contribution in [0.1, 0.15) is 11.3 Å². The second-order valence-corrected chi connectivity index (χ2v) is 7.37. The lowest BCUT2D eigenvalue weighted by Crippen LogP contribution is -2.32. The first-order valence-corrected chi connectivity index (χ1v) is 9.68. The molecule has 2 amide bonds. The molecular weight excluding hydrogens is 428 g/mol. The van der Waals surface area contributed by atoms with Gasteiger partial charge in [-0.1, -0.05) is 41.4 Å². The van der Waals surface area contributed by atoms with E-state index in [0.29, 0.717) is 22.0 Å². The van der Waals surface area contributed by atoms with Crippen molar-refractivity contribution in [1.82, 2.24) is 9.88 Å². The maximum Gasteiger partial charge on any atom is 0.278 e. The fourth-order valence-electron chi connectivity index (χ4n) is 3.14. The van der Waals surface area contributed by atoms with Gasteiger partial charge in [-0.25, -0.2) is 4.39 Å². The topological polar surface area (TPSA) is 62.3 Å². The lowest BCUT2D eigenvalue weighted by Gasteiger charge is -2.15. The van der Waals surface area contributed by atoms with Crippen molar-refractivity contribution >= 4 is 46.3 Å². The van der Waals surface area contributed by atoms with Crippen LogP contribution in [0.2, 0.25) is 10.0 Å². The molecule has 1 aromatic heterocycles. The highest BCUT2D eigenvalue weighted by Crippen LogP contribution is 2.35. The third-order valence-electron chi connectivity index (χ3n) is 4.51. The van der Waals surface area contributed by atoms with Gasteiger partial charge in [-0.2, -0.15) is 0 Å². The van der Waals surface area contributed by atoms with Crippen LogP contribution in [-0.4, -0.2) is 21.7 Å². The van der Waals surface area contributed by atoms with Crippen molar-refractivity contribution in [1.29, 1.82) is 0 Å². The number of carbonyl (C=O) groups is 2. The van der Waals surface area contributed by atoms with Crippen LogP contribution in [0.3, 0.4) is 0 Å². The molecule has 4 rings (SSSR count). The van der Waals surface area contributed by atoms with E-state index >= 15 is 0 Å². The smallest absolute Gasteiger partial charge is 0.278 e. The second kappa shape index (κ2) is 8.26. The van der Waals surface area contributed by atoms with Crippen LogP contribution in [-0.2, 0) is 16.1 Å². The number of nitrogens with one attached hydrogen (secondary N) is 1. The molecular formula is C22H14Cl2FN3O2. The molecule has 2 heterocycles. The fourth-order valence-corrected chi connectivity index (χ4v) is 3.64. The van der Waals surface area contributed by atoms with Gasteiger partial charge in [0.2, 0.25) is 0 Å². The Hall–Kier alpha value is -3.22. The van der Waals surface area contributed by atoms with Gasteiger partial charge in [-0.15, -0.1) is 0 Å². The van der Waals surface area contributed by atoms with Gasteiger partial charge >= 0.3 is 0 Å². The molecule has 1 aliphatic heterocycles. The van der Waals surface area contributed by atoms with Crippen LogP contribution in [0.25, 0.3) is 5.57 Å². The summed E-state index contributed by atoms with van der Waals surface area (Å²) in [5.41, 5.74) is 1.32. The number of aromatic nitrogens is 1. The number of pyridine rings is 1. The van der Waals surface area contributed by atoms with Gasteiger partial charge in [0.25, 0.3) is 11.8 Å². The average molecular weight is 442 g/mol. The number of imide groups is 1. The Morgan fingerprint density at radius 3 is 2.50 bits per heavy atom. The Bertz CT molecular complexity index is 1180. The van der Waals surface area contributed by atoms with E-state index in [9.17, 15) is 14.0 Å². The van der Waals surface area contributed by atoms with Crippen LogP contribution in [0.4, 0.5) is 10.1 Å². The Balaban J connectivity index is 1.79. The molecule has 0 fully saturated rings. The summed E-state index contributed by atoms with van der Waals surface area (Å²) in [7, 11) is 0. The van der Waals surface area contributed by atoms with E-state index in [4.69, 9.17) is 23.2 Å². The quantitative estimate of drug-likeness (QED) is 0.570. The van der Waals surface area contributed by atoms with Crippen molar-refractivity contribution in [3.8, 4) is 0 Å². The van der Waals surface area contributed by atoms with E-state index in [1.165, 1.54) is 24.3 Å². The Morgan fingerprint density at radius 2 is 1.80 bits per heavy atom. The predicted octanol–water partition coefficient (Wildman–Crippen LogP) is 4.92. The minimum Gasteiger partial charge on any atom is -0.350 e. The predicted molar refractivity (Wildman–Crippen MR) is 113 cm³/mol. The normalized spacial score (nSPS) is 13.9. The van der Waals surface area contributed by atoms with Crippen molar-refractivity contribution < 1.29 is 14.0 Å². The summed E-state index contributed by atoms with van der Waals surface area (Å²) in [6.45, 7) is -0.0124. The Morgan fingerprint density at radius 1 is 0.967 bits per heavy atom. The monoisotopic (exact) mass is 441 g/mol. The molecule has 0 spiro atoms. The zero-order chi connectivity index (χ0) is 21.3. The minimum absolute atomic E-state index is 0.00533. The summed E-state index contributed by atoms with van der Waals surface area (Å²) in [6, 6.07) is 15.5. The Labute approximate surface area is 181 Å². The van der Waals surface area contributed by atoms with E-state index in [2.05, 4.69) is 10.3 Å². The number of hydrogen-bond donors (Lipinski definition) is 1. The fraction of sp³-hybridized carbons (Fsp3) is 0.0455. The van der Waals surface area contributed by atoms with E-state index in [-0.39, 0.29) is 22.8 Å². The third-order valence-corrected chi connectivity index (χ3v) is 5.06. The van der Waals surface area contributed by atoms with Crippen LogP contribution < -0.4 is 5.32 Å². The minimum atomic E-state index is -0.559. The van der Waals surface area contributed by atoms with Crippen molar-refractivity contribution in [3.05, 3.63) is 99.7 Å². The third kappa shape index (κ3) is 3.92. The van der Waals surface area contributed by atoms with Crippen LogP contribution in [0.5, 0.6) is 0 Å². The van der Waals surface area contributed by atoms with Crippen LogP contribution in [0, 0.1) is 5.82 Å². The molecule has 3 aromatic rings. The summed E-state index contributed by atoms with van der Waals surface area (Å²) in [5.74, 6) is -1.57. The summed E-state index contributed by atoms with van der Waals surface area (Å²) >= 11 is 12.3. The first-order chi connectivity index (χ1) is 14.4. The molecule has 0 aliphatic carbocycles. The highest BCUT2D eigenvalue weighted by molar-refractivity contribution is 6.41. The zero-order valence-electron chi connectivity index (χ0n) is 15.4. The summed E-state index contributed by atoms with van der Waals surface area (Å²) < 4.78 is 13.6. The lowest BCUT2D eigenvalue weighted by atomic mass is 10.0. The maximum absolute atomic E-state index is 13.6. The number of nitrogens with zero attached hydrogens (tertiary/aromatic N) is 2. The molecule has 0 unspecified atom stereocenters. The zero-order valence-corrected chi connectivity index (χ0v) is 16.9. The molecule has 1 aliphatic rings. The molecule has 150 valence electrons. The summed E-state index contributed by atoms with van der Waals surface area (Å²) in [5, 5.41) is 3.50.